The van der Waals surface area contributed by atoms with Gasteiger partial charge in [0.25, 0.3) is 0 Å². The van der Waals surface area contributed by atoms with E-state index in [9.17, 15) is 9.90 Å². The highest BCUT2D eigenvalue weighted by atomic mass is 16.3. The molecule has 20 heavy (non-hydrogen) atoms. The maximum atomic E-state index is 11.7. The molecule has 0 unspecified atom stereocenters. The molecule has 1 saturated heterocycles. The largest absolute Gasteiger partial charge is 0.391 e. The van der Waals surface area contributed by atoms with Gasteiger partial charge in [-0.3, -0.25) is 4.98 Å². The number of aliphatic hydroxyl groups excluding tert-OH is 1. The molecule has 0 aromatic carbocycles. The molecule has 0 aliphatic carbocycles. The number of urea groups is 1. The number of amides is 2. The van der Waals surface area contributed by atoms with Gasteiger partial charge in [-0.05, 0) is 37.1 Å². The number of nitrogens with one attached hydrogen (secondary N) is 3. The van der Waals surface area contributed by atoms with Crippen LogP contribution in [-0.4, -0.2) is 48.4 Å². The molecule has 1 fully saturated rings. The Bertz CT molecular complexity index is 413. The van der Waals surface area contributed by atoms with Crippen LogP contribution in [0.1, 0.15) is 12.0 Å². The second-order valence-electron chi connectivity index (χ2n) is 5.06. The number of hydrogen-bond acceptors (Lipinski definition) is 4. The first-order valence-corrected chi connectivity index (χ1v) is 7.05. The van der Waals surface area contributed by atoms with Crippen molar-refractivity contribution in [1.29, 1.82) is 0 Å². The molecule has 110 valence electrons. The van der Waals surface area contributed by atoms with Gasteiger partial charge in [0.1, 0.15) is 0 Å². The lowest BCUT2D eigenvalue weighted by molar-refractivity contribution is 0.0827. The highest BCUT2D eigenvalue weighted by molar-refractivity contribution is 5.73. The number of hydrogen-bond donors (Lipinski definition) is 4. The number of aromatic nitrogens is 1. The van der Waals surface area contributed by atoms with Gasteiger partial charge >= 0.3 is 6.03 Å². The van der Waals surface area contributed by atoms with E-state index in [1.165, 1.54) is 0 Å². The van der Waals surface area contributed by atoms with Crippen LogP contribution >= 0.6 is 0 Å². The summed E-state index contributed by atoms with van der Waals surface area (Å²) in [6.45, 7) is 2.61. The molecule has 2 amide bonds. The first kappa shape index (κ1) is 14.7. The molecule has 0 saturated carbocycles. The molecular weight excluding hydrogens is 256 g/mol. The van der Waals surface area contributed by atoms with Crippen molar-refractivity contribution in [3.63, 3.8) is 0 Å². The Kier molecular flexibility index (Phi) is 5.76. The number of pyridine rings is 1. The summed E-state index contributed by atoms with van der Waals surface area (Å²) in [6, 6.07) is 3.69. The average Bonchev–Trinajstić information content (AvgIpc) is 2.47. The fraction of sp³-hybridized carbons (Fsp3) is 0.571. The molecule has 6 heteroatoms. The van der Waals surface area contributed by atoms with Crippen molar-refractivity contribution in [2.75, 3.05) is 26.2 Å². The Morgan fingerprint density at radius 2 is 2.20 bits per heavy atom. The van der Waals surface area contributed by atoms with Crippen LogP contribution in [0.4, 0.5) is 4.79 Å². The van der Waals surface area contributed by atoms with E-state index in [-0.39, 0.29) is 18.1 Å². The van der Waals surface area contributed by atoms with E-state index in [1.807, 2.05) is 12.1 Å². The SMILES string of the molecule is O=C(NCCc1ccncc1)NC[C@@H]1CCNC[C@H]1O. The third kappa shape index (κ3) is 4.79. The third-order valence-electron chi connectivity index (χ3n) is 3.56. The minimum absolute atomic E-state index is 0.141. The maximum absolute atomic E-state index is 11.7. The van der Waals surface area contributed by atoms with Crippen LogP contribution < -0.4 is 16.0 Å². The van der Waals surface area contributed by atoms with Crippen molar-refractivity contribution in [3.8, 4) is 0 Å². The van der Waals surface area contributed by atoms with E-state index in [0.717, 1.165) is 24.9 Å². The lowest BCUT2D eigenvalue weighted by atomic mass is 9.95. The molecule has 2 heterocycles. The molecule has 1 aliphatic rings. The molecule has 0 bridgehead atoms. The quantitative estimate of drug-likeness (QED) is 0.605. The van der Waals surface area contributed by atoms with Crippen molar-refractivity contribution in [2.45, 2.75) is 18.9 Å². The van der Waals surface area contributed by atoms with Crippen LogP contribution in [-0.2, 0) is 6.42 Å². The molecule has 2 rings (SSSR count). The number of nitrogens with zero attached hydrogens (tertiary/aromatic N) is 1. The minimum Gasteiger partial charge on any atom is -0.391 e. The Morgan fingerprint density at radius 1 is 1.40 bits per heavy atom. The monoisotopic (exact) mass is 278 g/mol. The molecule has 1 aliphatic heterocycles. The summed E-state index contributed by atoms with van der Waals surface area (Å²) < 4.78 is 0. The zero-order chi connectivity index (χ0) is 14.2. The zero-order valence-corrected chi connectivity index (χ0v) is 11.5. The van der Waals surface area contributed by atoms with Crippen LogP contribution in [0.25, 0.3) is 0 Å². The predicted molar refractivity (Wildman–Crippen MR) is 76.3 cm³/mol. The highest BCUT2D eigenvalue weighted by Gasteiger charge is 2.22. The van der Waals surface area contributed by atoms with Gasteiger partial charge in [-0.15, -0.1) is 0 Å². The van der Waals surface area contributed by atoms with Gasteiger partial charge in [-0.2, -0.15) is 0 Å². The summed E-state index contributed by atoms with van der Waals surface area (Å²) in [4.78, 5) is 15.6. The molecule has 6 nitrogen and oxygen atoms in total. The smallest absolute Gasteiger partial charge is 0.314 e. The van der Waals surface area contributed by atoms with Crippen molar-refractivity contribution in [2.24, 2.45) is 5.92 Å². The Hall–Kier alpha value is -1.66. The molecule has 1 aromatic heterocycles. The number of aliphatic hydroxyl groups is 1. The van der Waals surface area contributed by atoms with Crippen molar-refractivity contribution in [3.05, 3.63) is 30.1 Å². The molecular formula is C14H22N4O2. The Labute approximate surface area is 119 Å². The van der Waals surface area contributed by atoms with E-state index in [4.69, 9.17) is 0 Å². The van der Waals surface area contributed by atoms with E-state index in [1.54, 1.807) is 12.4 Å². The Morgan fingerprint density at radius 3 is 2.95 bits per heavy atom. The van der Waals surface area contributed by atoms with Crippen LogP contribution in [0.2, 0.25) is 0 Å². The van der Waals surface area contributed by atoms with Gasteiger partial charge in [0.05, 0.1) is 6.10 Å². The van der Waals surface area contributed by atoms with Gasteiger partial charge < -0.3 is 21.1 Å². The van der Waals surface area contributed by atoms with Gasteiger partial charge in [0.15, 0.2) is 0 Å². The number of piperidine rings is 1. The summed E-state index contributed by atoms with van der Waals surface area (Å²) in [6.07, 6.45) is 4.78. The molecule has 4 N–H and O–H groups in total. The van der Waals surface area contributed by atoms with Crippen LogP contribution in [0.15, 0.2) is 24.5 Å². The summed E-state index contributed by atoms with van der Waals surface area (Å²) in [5.41, 5.74) is 1.15. The first-order valence-electron chi connectivity index (χ1n) is 7.05. The summed E-state index contributed by atoms with van der Waals surface area (Å²) in [7, 11) is 0. The number of rotatable bonds is 5. The lowest BCUT2D eigenvalue weighted by Crippen LogP contribution is -2.47. The van der Waals surface area contributed by atoms with Crippen molar-refractivity contribution >= 4 is 6.03 Å². The van der Waals surface area contributed by atoms with Gasteiger partial charge in [-0.25, -0.2) is 4.79 Å². The molecule has 0 radical (unpaired) electrons. The standard InChI is InChI=1S/C14H22N4O2/c19-13-10-16-7-4-12(13)9-18-14(20)17-8-3-11-1-5-15-6-2-11/h1-2,5-6,12-13,16,19H,3-4,7-10H2,(H2,17,18,20)/t12-,13+/m0/s1. The van der Waals surface area contributed by atoms with Crippen LogP contribution in [0.3, 0.4) is 0 Å². The Balaban J connectivity index is 1.60. The number of carbonyl (C=O) groups is 1. The molecule has 1 aromatic rings. The lowest BCUT2D eigenvalue weighted by Gasteiger charge is -2.28. The van der Waals surface area contributed by atoms with E-state index >= 15 is 0 Å². The van der Waals surface area contributed by atoms with Crippen LogP contribution in [0, 0.1) is 5.92 Å². The summed E-state index contributed by atoms with van der Waals surface area (Å²) >= 11 is 0. The van der Waals surface area contributed by atoms with E-state index in [0.29, 0.717) is 19.6 Å². The third-order valence-corrected chi connectivity index (χ3v) is 3.56. The van der Waals surface area contributed by atoms with Crippen molar-refractivity contribution in [1.82, 2.24) is 20.9 Å². The van der Waals surface area contributed by atoms with E-state index in [2.05, 4.69) is 20.9 Å². The summed E-state index contributed by atoms with van der Waals surface area (Å²) in [5.74, 6) is 0.141. The summed E-state index contributed by atoms with van der Waals surface area (Å²) in [5, 5.41) is 18.5. The van der Waals surface area contributed by atoms with Gasteiger partial charge in [0.2, 0.25) is 0 Å². The minimum atomic E-state index is -0.374. The van der Waals surface area contributed by atoms with Gasteiger partial charge in [0, 0.05) is 37.9 Å². The van der Waals surface area contributed by atoms with Crippen LogP contribution in [0.5, 0.6) is 0 Å². The van der Waals surface area contributed by atoms with E-state index < -0.39 is 0 Å². The fourth-order valence-electron chi connectivity index (χ4n) is 2.29. The second kappa shape index (κ2) is 7.81. The van der Waals surface area contributed by atoms with Gasteiger partial charge in [-0.1, -0.05) is 0 Å². The topological polar surface area (TPSA) is 86.3 Å². The normalized spacial score (nSPS) is 22.2. The molecule has 2 atom stereocenters. The second-order valence-corrected chi connectivity index (χ2v) is 5.06. The average molecular weight is 278 g/mol. The predicted octanol–water partition coefficient (Wildman–Crippen LogP) is -0.106. The highest BCUT2D eigenvalue weighted by Crippen LogP contribution is 2.10. The first-order chi connectivity index (χ1) is 9.75. The number of carbonyl (C=O) groups excluding carboxylic acids is 1. The number of β-amino-alcohol motifs (C(OH)–C–C–N with tert-alkyl or cyclic N) is 1. The maximum Gasteiger partial charge on any atom is 0.314 e. The molecule has 0 spiro atoms. The van der Waals surface area contributed by atoms with Crippen molar-refractivity contribution < 1.29 is 9.90 Å². The fourth-order valence-corrected chi connectivity index (χ4v) is 2.29. The zero-order valence-electron chi connectivity index (χ0n) is 11.5.